The predicted molar refractivity (Wildman–Crippen MR) is 287 cm³/mol. The lowest BCUT2D eigenvalue weighted by atomic mass is 9.33. The summed E-state index contributed by atoms with van der Waals surface area (Å²) in [6.07, 6.45) is 8.45. The van der Waals surface area contributed by atoms with Crippen molar-refractivity contribution in [2.24, 2.45) is 0 Å². The number of para-hydroxylation sites is 3. The maximum Gasteiger partial charge on any atom is 0.252 e. The summed E-state index contributed by atoms with van der Waals surface area (Å²) in [5.74, 6) is 0. The van der Waals surface area contributed by atoms with Crippen molar-refractivity contribution in [1.29, 1.82) is 0 Å². The van der Waals surface area contributed by atoms with E-state index in [4.69, 9.17) is 0 Å². The minimum absolute atomic E-state index is 0.00841. The maximum absolute atomic E-state index is 2.82. The lowest BCUT2D eigenvalue weighted by Gasteiger charge is -2.49. The molecule has 3 aliphatic heterocycles. The molecule has 7 aromatic carbocycles. The van der Waals surface area contributed by atoms with E-state index >= 15 is 0 Å². The summed E-state index contributed by atoms with van der Waals surface area (Å²) in [7, 11) is 0. The Morgan fingerprint density at radius 2 is 1.06 bits per heavy atom. The number of benzene rings is 7. The smallest absolute Gasteiger partial charge is 0.252 e. The number of rotatable bonds is 4. The second-order valence-electron chi connectivity index (χ2n) is 23.5. The van der Waals surface area contributed by atoms with E-state index in [1.807, 2.05) is 0 Å². The van der Waals surface area contributed by atoms with Crippen LogP contribution in [0.25, 0.3) is 11.1 Å². The molecular formula is C63H66BN3. The summed E-state index contributed by atoms with van der Waals surface area (Å²) >= 11 is 0. The Morgan fingerprint density at radius 3 is 1.78 bits per heavy atom. The summed E-state index contributed by atoms with van der Waals surface area (Å²) in [5.41, 5.74) is 22.6. The third kappa shape index (κ3) is 6.16. The molecule has 5 aliphatic rings. The normalized spacial score (nSPS) is 21.9. The molecule has 1 fully saturated rings. The van der Waals surface area contributed by atoms with Gasteiger partial charge in [0.1, 0.15) is 0 Å². The highest BCUT2D eigenvalue weighted by Gasteiger charge is 2.57. The molecule has 12 rings (SSSR count). The van der Waals surface area contributed by atoms with Crippen molar-refractivity contribution in [3.8, 4) is 11.1 Å². The Kier molecular flexibility index (Phi) is 9.33. The predicted octanol–water partition coefficient (Wildman–Crippen LogP) is 15.2. The van der Waals surface area contributed by atoms with Crippen LogP contribution >= 0.6 is 0 Å². The molecule has 0 saturated heterocycles. The van der Waals surface area contributed by atoms with E-state index in [0.717, 1.165) is 12.8 Å². The van der Waals surface area contributed by atoms with E-state index in [0.29, 0.717) is 0 Å². The van der Waals surface area contributed by atoms with Gasteiger partial charge in [-0.25, -0.2) is 0 Å². The summed E-state index contributed by atoms with van der Waals surface area (Å²) in [5, 5.41) is 0. The Hall–Kier alpha value is -6.00. The highest BCUT2D eigenvalue weighted by Crippen LogP contribution is 2.61. The standard InChI is InChI=1S/C63H66BN3/c1-59(2,3)43-31-32-52(46(37-43)42-23-13-10-14-24-42)66-55-41-49-48(60(4,5)35-36-61(49,6)7)40-51(55)64-50-28-18-20-30-54(50)65(44-25-15-11-16-26-44)56-38-45(39-57(66)58(56)64)67-53-29-19-17-27-47(53)62(8)33-21-12-22-34-63(62,67)9/h10-11,13-20,23-32,37-41H,12,21-22,33-36H2,1-9H3. The lowest BCUT2D eigenvalue weighted by Crippen LogP contribution is -2.62. The first-order chi connectivity index (χ1) is 32.1. The highest BCUT2D eigenvalue weighted by molar-refractivity contribution is 7.00. The summed E-state index contributed by atoms with van der Waals surface area (Å²) < 4.78 is 0. The average molecular weight is 876 g/mol. The molecule has 4 heteroatoms. The van der Waals surface area contributed by atoms with Gasteiger partial charge in [0.2, 0.25) is 0 Å². The van der Waals surface area contributed by atoms with Gasteiger partial charge in [-0.2, -0.15) is 0 Å². The fourth-order valence-corrected chi connectivity index (χ4v) is 13.6. The Morgan fingerprint density at radius 1 is 0.448 bits per heavy atom. The van der Waals surface area contributed by atoms with Crippen molar-refractivity contribution in [1.82, 2.24) is 0 Å². The zero-order chi connectivity index (χ0) is 46.3. The van der Waals surface area contributed by atoms with Crippen LogP contribution in [0.3, 0.4) is 0 Å². The first kappa shape index (κ1) is 42.4. The van der Waals surface area contributed by atoms with Crippen molar-refractivity contribution < 1.29 is 0 Å². The van der Waals surface area contributed by atoms with Crippen LogP contribution in [-0.2, 0) is 21.7 Å². The first-order valence-corrected chi connectivity index (χ1v) is 25.3. The minimum Gasteiger partial charge on any atom is -0.334 e. The third-order valence-electron chi connectivity index (χ3n) is 17.7. The second kappa shape index (κ2) is 14.8. The van der Waals surface area contributed by atoms with Crippen LogP contribution in [0.1, 0.15) is 130 Å². The number of fused-ring (bicyclic) bond motifs is 8. The summed E-state index contributed by atoms with van der Waals surface area (Å²) in [6.45, 7) is 22.2. The number of hydrogen-bond donors (Lipinski definition) is 0. The highest BCUT2D eigenvalue weighted by atomic mass is 15.3. The molecule has 3 nitrogen and oxygen atoms in total. The molecule has 0 aromatic heterocycles. The van der Waals surface area contributed by atoms with Gasteiger partial charge >= 0.3 is 0 Å². The van der Waals surface area contributed by atoms with Crippen LogP contribution in [0.15, 0.2) is 152 Å². The molecule has 67 heavy (non-hydrogen) atoms. The molecule has 3 heterocycles. The number of anilines is 8. The van der Waals surface area contributed by atoms with Gasteiger partial charge in [-0.05, 0) is 148 Å². The van der Waals surface area contributed by atoms with E-state index in [9.17, 15) is 0 Å². The van der Waals surface area contributed by atoms with Gasteiger partial charge in [0.25, 0.3) is 6.71 Å². The largest absolute Gasteiger partial charge is 0.334 e. The van der Waals surface area contributed by atoms with Crippen LogP contribution in [-0.4, -0.2) is 12.3 Å². The number of hydrogen-bond acceptors (Lipinski definition) is 3. The maximum atomic E-state index is 2.82. The molecule has 1 saturated carbocycles. The van der Waals surface area contributed by atoms with E-state index in [2.05, 4.69) is 229 Å². The Labute approximate surface area is 401 Å². The van der Waals surface area contributed by atoms with Gasteiger partial charge in [0.05, 0.1) is 11.2 Å². The molecule has 2 atom stereocenters. The summed E-state index contributed by atoms with van der Waals surface area (Å²) in [6, 6.07) is 59.0. The van der Waals surface area contributed by atoms with E-state index < -0.39 is 0 Å². The molecule has 2 aliphatic carbocycles. The Balaban J connectivity index is 1.24. The van der Waals surface area contributed by atoms with Gasteiger partial charge in [0, 0.05) is 50.8 Å². The third-order valence-corrected chi connectivity index (χ3v) is 17.7. The van der Waals surface area contributed by atoms with Crippen molar-refractivity contribution in [3.05, 3.63) is 174 Å². The average Bonchev–Trinajstić information content (AvgIpc) is 3.39. The molecule has 0 N–H and O–H groups in total. The first-order valence-electron chi connectivity index (χ1n) is 25.3. The van der Waals surface area contributed by atoms with Crippen LogP contribution in [0.2, 0.25) is 0 Å². The SMILES string of the molecule is CC(C)(C)c1ccc(N2c3cc4c(cc3B3c5ccccc5N(c5ccccc5)c5cc(N6c7ccccc7C7(C)CCCCCC67C)cc2c53)C(C)(C)CCC4(C)C)c(-c2ccccc2)c1. The van der Waals surface area contributed by atoms with Gasteiger partial charge in [-0.3, -0.25) is 0 Å². The molecule has 0 spiro atoms. The molecule has 336 valence electrons. The number of nitrogens with zero attached hydrogens (tertiary/aromatic N) is 3. The van der Waals surface area contributed by atoms with E-state index in [-0.39, 0.29) is 33.9 Å². The fraction of sp³-hybridized carbons (Fsp3) is 0.333. The van der Waals surface area contributed by atoms with Gasteiger partial charge in [0.15, 0.2) is 0 Å². The molecular weight excluding hydrogens is 810 g/mol. The quantitative estimate of drug-likeness (QED) is 0.163. The zero-order valence-electron chi connectivity index (χ0n) is 41.3. The monoisotopic (exact) mass is 876 g/mol. The van der Waals surface area contributed by atoms with Crippen molar-refractivity contribution >= 4 is 68.6 Å². The van der Waals surface area contributed by atoms with Gasteiger partial charge < -0.3 is 14.7 Å². The van der Waals surface area contributed by atoms with Crippen molar-refractivity contribution in [3.63, 3.8) is 0 Å². The van der Waals surface area contributed by atoms with Gasteiger partial charge in [-0.1, -0.05) is 172 Å². The molecule has 0 bridgehead atoms. The van der Waals surface area contributed by atoms with Crippen LogP contribution in [0, 0.1) is 0 Å². The second-order valence-corrected chi connectivity index (χ2v) is 23.5. The zero-order valence-corrected chi connectivity index (χ0v) is 41.3. The van der Waals surface area contributed by atoms with Crippen molar-refractivity contribution in [2.45, 2.75) is 134 Å². The Bertz CT molecular complexity index is 3110. The van der Waals surface area contributed by atoms with Crippen LogP contribution < -0.4 is 31.1 Å². The van der Waals surface area contributed by atoms with Gasteiger partial charge in [-0.15, -0.1) is 0 Å². The topological polar surface area (TPSA) is 9.72 Å². The fourth-order valence-electron chi connectivity index (χ4n) is 13.6. The van der Waals surface area contributed by atoms with Crippen LogP contribution in [0.5, 0.6) is 0 Å². The summed E-state index contributed by atoms with van der Waals surface area (Å²) in [4.78, 5) is 8.14. The van der Waals surface area contributed by atoms with E-state index in [1.165, 1.54) is 127 Å². The van der Waals surface area contributed by atoms with Crippen molar-refractivity contribution in [2.75, 3.05) is 14.7 Å². The lowest BCUT2D eigenvalue weighted by molar-refractivity contribution is 0.261. The minimum atomic E-state index is -0.118. The molecule has 2 unspecified atom stereocenters. The molecule has 7 aromatic rings. The van der Waals surface area contributed by atoms with E-state index in [1.54, 1.807) is 0 Å². The molecule has 0 radical (unpaired) electrons. The molecule has 0 amide bonds. The van der Waals surface area contributed by atoms with Crippen LogP contribution in [0.4, 0.5) is 45.5 Å².